The minimum atomic E-state index is -1.08. The molecule has 32 heavy (non-hydrogen) atoms. The van der Waals surface area contributed by atoms with Crippen LogP contribution < -0.4 is 21.7 Å². The number of nitrogens with one attached hydrogen (secondary N) is 1. The number of benzene rings is 1. The van der Waals surface area contributed by atoms with Crippen molar-refractivity contribution < 1.29 is 13.6 Å². The van der Waals surface area contributed by atoms with Crippen LogP contribution in [0.1, 0.15) is 23.3 Å². The van der Waals surface area contributed by atoms with Crippen molar-refractivity contribution in [2.45, 2.75) is 25.1 Å². The number of nitrogens with zero attached hydrogens (tertiary/aromatic N) is 5. The molecule has 2 aromatic heterocycles. The van der Waals surface area contributed by atoms with Crippen molar-refractivity contribution in [1.82, 2.24) is 19.7 Å². The summed E-state index contributed by atoms with van der Waals surface area (Å²) in [6, 6.07) is 5.47. The average Bonchev–Trinajstić information content (AvgIpc) is 3.05. The van der Waals surface area contributed by atoms with Crippen molar-refractivity contribution in [2.24, 2.45) is 12.8 Å². The Morgan fingerprint density at radius 2 is 1.97 bits per heavy atom. The Bertz CT molecular complexity index is 1120. The number of halogens is 2. The molecule has 2 unspecified atom stereocenters. The van der Waals surface area contributed by atoms with Crippen LogP contribution in [0.15, 0.2) is 36.7 Å². The fourth-order valence-corrected chi connectivity index (χ4v) is 3.72. The maximum atomic E-state index is 14.1. The van der Waals surface area contributed by atoms with E-state index >= 15 is 0 Å². The van der Waals surface area contributed by atoms with Crippen molar-refractivity contribution in [3.8, 4) is 11.4 Å². The van der Waals surface area contributed by atoms with Gasteiger partial charge >= 0.3 is 0 Å². The smallest absolute Gasteiger partial charge is 0.276 e. The number of hydrogen-bond acceptors (Lipinski definition) is 7. The molecule has 1 aliphatic heterocycles. The van der Waals surface area contributed by atoms with E-state index in [0.717, 1.165) is 0 Å². The highest BCUT2D eigenvalue weighted by Crippen LogP contribution is 2.29. The number of carbonyl (C=O) groups excluding carboxylic acids is 1. The van der Waals surface area contributed by atoms with Crippen molar-refractivity contribution in [2.75, 3.05) is 29.0 Å². The number of nitrogens with two attached hydrogens (primary N) is 2. The molecule has 1 aromatic carbocycles. The van der Waals surface area contributed by atoms with E-state index in [1.807, 2.05) is 4.90 Å². The predicted molar refractivity (Wildman–Crippen MR) is 117 cm³/mol. The Labute approximate surface area is 183 Å². The van der Waals surface area contributed by atoms with Gasteiger partial charge in [-0.2, -0.15) is 5.10 Å². The Hall–Kier alpha value is -3.60. The van der Waals surface area contributed by atoms with E-state index in [1.54, 1.807) is 23.9 Å². The van der Waals surface area contributed by atoms with Gasteiger partial charge in [-0.1, -0.05) is 12.1 Å². The molecule has 9 nitrogen and oxygen atoms in total. The molecule has 1 amide bonds. The number of nitrogen functional groups attached to an aromatic ring is 1. The van der Waals surface area contributed by atoms with Gasteiger partial charge in [0.2, 0.25) is 0 Å². The van der Waals surface area contributed by atoms with E-state index in [9.17, 15) is 13.6 Å². The second-order valence-corrected chi connectivity index (χ2v) is 7.68. The standard InChI is InChI=1S/C21H24F2N8O/c1-30-21(31-8-6-14(23)15(24)7-9-31)17(11-27-30)28-20(32)18-16(25)10-26-19(29-18)12-4-2-3-5-13(12)22/h2-5,10-11,14-15H,6-9,24-25H2,1H3,(H,28,32). The third-order valence-corrected chi connectivity index (χ3v) is 5.47. The molecular formula is C21H24F2N8O. The minimum absolute atomic E-state index is 0.0457. The van der Waals surface area contributed by atoms with Crippen LogP contribution in [0.25, 0.3) is 11.4 Å². The lowest BCUT2D eigenvalue weighted by Crippen LogP contribution is -2.31. The molecule has 0 saturated carbocycles. The van der Waals surface area contributed by atoms with Crippen LogP contribution in [0.5, 0.6) is 0 Å². The van der Waals surface area contributed by atoms with Crippen LogP contribution in [0, 0.1) is 5.82 Å². The van der Waals surface area contributed by atoms with Gasteiger partial charge in [0.25, 0.3) is 5.91 Å². The van der Waals surface area contributed by atoms with Gasteiger partial charge in [-0.15, -0.1) is 0 Å². The monoisotopic (exact) mass is 442 g/mol. The first-order chi connectivity index (χ1) is 15.3. The molecule has 5 N–H and O–H groups in total. The van der Waals surface area contributed by atoms with Crippen LogP contribution in [0.4, 0.5) is 26.0 Å². The number of carbonyl (C=O) groups is 1. The van der Waals surface area contributed by atoms with Gasteiger partial charge in [-0.05, 0) is 25.0 Å². The molecule has 0 aliphatic carbocycles. The summed E-state index contributed by atoms with van der Waals surface area (Å²) in [6.45, 7) is 0.960. The molecule has 4 rings (SSSR count). The molecule has 3 aromatic rings. The van der Waals surface area contributed by atoms with Gasteiger partial charge in [-0.25, -0.2) is 18.7 Å². The zero-order chi connectivity index (χ0) is 22.8. The first-order valence-electron chi connectivity index (χ1n) is 10.2. The fourth-order valence-electron chi connectivity index (χ4n) is 3.72. The highest BCUT2D eigenvalue weighted by atomic mass is 19.1. The average molecular weight is 442 g/mol. The Balaban J connectivity index is 1.61. The predicted octanol–water partition coefficient (Wildman–Crippen LogP) is 2.12. The summed E-state index contributed by atoms with van der Waals surface area (Å²) >= 11 is 0. The number of aryl methyl sites for hydroxylation is 1. The maximum absolute atomic E-state index is 14.1. The number of amides is 1. The van der Waals surface area contributed by atoms with Gasteiger partial charge in [0.05, 0.1) is 23.6 Å². The molecule has 3 heterocycles. The minimum Gasteiger partial charge on any atom is -0.396 e. The maximum Gasteiger partial charge on any atom is 0.276 e. The molecule has 1 fully saturated rings. The van der Waals surface area contributed by atoms with Crippen LogP contribution >= 0.6 is 0 Å². The van der Waals surface area contributed by atoms with E-state index in [1.165, 1.54) is 24.5 Å². The molecule has 2 atom stereocenters. The third-order valence-electron chi connectivity index (χ3n) is 5.47. The molecule has 11 heteroatoms. The summed E-state index contributed by atoms with van der Waals surface area (Å²) in [5, 5.41) is 7.00. The topological polar surface area (TPSA) is 128 Å². The lowest BCUT2D eigenvalue weighted by atomic mass is 10.1. The van der Waals surface area contributed by atoms with E-state index in [0.29, 0.717) is 31.0 Å². The Morgan fingerprint density at radius 3 is 2.75 bits per heavy atom. The van der Waals surface area contributed by atoms with Gasteiger partial charge < -0.3 is 21.7 Å². The first-order valence-corrected chi connectivity index (χ1v) is 10.2. The molecule has 0 spiro atoms. The van der Waals surface area contributed by atoms with Crippen molar-refractivity contribution >= 4 is 23.1 Å². The van der Waals surface area contributed by atoms with Crippen LogP contribution in [0.2, 0.25) is 0 Å². The van der Waals surface area contributed by atoms with Crippen LogP contribution in [-0.2, 0) is 7.05 Å². The van der Waals surface area contributed by atoms with E-state index in [-0.39, 0.29) is 29.2 Å². The normalized spacial score (nSPS) is 18.9. The summed E-state index contributed by atoms with van der Waals surface area (Å²) in [4.78, 5) is 23.2. The molecule has 168 valence electrons. The number of aromatic nitrogens is 4. The van der Waals surface area contributed by atoms with E-state index in [4.69, 9.17) is 11.5 Å². The van der Waals surface area contributed by atoms with Crippen LogP contribution in [0.3, 0.4) is 0 Å². The highest BCUT2D eigenvalue weighted by molar-refractivity contribution is 6.07. The lowest BCUT2D eigenvalue weighted by molar-refractivity contribution is 0.102. The molecular weight excluding hydrogens is 418 g/mol. The Morgan fingerprint density at radius 1 is 1.22 bits per heavy atom. The van der Waals surface area contributed by atoms with Crippen molar-refractivity contribution in [3.63, 3.8) is 0 Å². The molecule has 0 bridgehead atoms. The quantitative estimate of drug-likeness (QED) is 0.565. The first kappa shape index (κ1) is 21.6. The Kier molecular flexibility index (Phi) is 5.99. The number of hydrogen-bond donors (Lipinski definition) is 3. The SMILES string of the molecule is Cn1ncc(NC(=O)c2nc(-c3ccccc3F)ncc2N)c1N1CCC(N)C(F)CC1. The van der Waals surface area contributed by atoms with Gasteiger partial charge in [-0.3, -0.25) is 9.48 Å². The lowest BCUT2D eigenvalue weighted by Gasteiger charge is -2.24. The summed E-state index contributed by atoms with van der Waals surface area (Å²) in [5.74, 6) is -0.429. The summed E-state index contributed by atoms with van der Waals surface area (Å²) in [5.41, 5.74) is 12.3. The van der Waals surface area contributed by atoms with Gasteiger partial charge in [0, 0.05) is 26.2 Å². The molecule has 1 saturated heterocycles. The van der Waals surface area contributed by atoms with E-state index < -0.39 is 23.9 Å². The van der Waals surface area contributed by atoms with Crippen molar-refractivity contribution in [1.29, 1.82) is 0 Å². The summed E-state index contributed by atoms with van der Waals surface area (Å²) in [7, 11) is 1.73. The summed E-state index contributed by atoms with van der Waals surface area (Å²) < 4.78 is 29.8. The highest BCUT2D eigenvalue weighted by Gasteiger charge is 2.27. The third kappa shape index (κ3) is 4.24. The summed E-state index contributed by atoms with van der Waals surface area (Å²) in [6.07, 6.45) is 2.45. The zero-order valence-corrected chi connectivity index (χ0v) is 17.5. The number of alkyl halides is 1. The zero-order valence-electron chi connectivity index (χ0n) is 17.5. The van der Waals surface area contributed by atoms with Crippen molar-refractivity contribution in [3.05, 3.63) is 48.2 Å². The fraction of sp³-hybridized carbons (Fsp3) is 0.333. The largest absolute Gasteiger partial charge is 0.396 e. The second kappa shape index (κ2) is 8.87. The van der Waals surface area contributed by atoms with Gasteiger partial charge in [0.15, 0.2) is 17.3 Å². The van der Waals surface area contributed by atoms with Gasteiger partial charge in [0.1, 0.15) is 17.7 Å². The second-order valence-electron chi connectivity index (χ2n) is 7.68. The molecule has 0 radical (unpaired) electrons. The molecule has 1 aliphatic rings. The number of anilines is 3. The van der Waals surface area contributed by atoms with Crippen LogP contribution in [-0.4, -0.2) is 51.0 Å². The van der Waals surface area contributed by atoms with E-state index in [2.05, 4.69) is 20.4 Å². The number of rotatable bonds is 4.